The first-order chi connectivity index (χ1) is 9.20. The molecule has 19 heavy (non-hydrogen) atoms. The Hall–Kier alpha value is -0.840. The minimum Gasteiger partial charge on any atom is -0.326 e. The van der Waals surface area contributed by atoms with Gasteiger partial charge in [0.1, 0.15) is 0 Å². The zero-order valence-corrected chi connectivity index (χ0v) is 13.2. The number of aromatic nitrogens is 1. The van der Waals surface area contributed by atoms with Gasteiger partial charge in [0.25, 0.3) is 0 Å². The van der Waals surface area contributed by atoms with Gasteiger partial charge in [0.2, 0.25) is 0 Å². The normalized spacial score (nSPS) is 14.1. The highest BCUT2D eigenvalue weighted by Crippen LogP contribution is 2.38. The molecule has 0 spiro atoms. The second-order valence-corrected chi connectivity index (χ2v) is 6.48. The van der Waals surface area contributed by atoms with Gasteiger partial charge in [-0.05, 0) is 42.3 Å². The van der Waals surface area contributed by atoms with Gasteiger partial charge >= 0.3 is 0 Å². The highest BCUT2D eigenvalue weighted by atomic mass is 79.9. The van der Waals surface area contributed by atoms with Crippen molar-refractivity contribution in [3.8, 4) is 0 Å². The van der Waals surface area contributed by atoms with Crippen LogP contribution in [0.4, 0.5) is 0 Å². The molecule has 2 rings (SSSR count). The second-order valence-electron chi connectivity index (χ2n) is 4.35. The number of rotatable bonds is 5. The standard InChI is InChI=1S/C15H17BrN2S/c1-2-14(17)15(11-6-8-18-9-7-11)19-13-5-3-4-12(16)10-13/h3-10,14-15H,2,17H2,1H3. The quantitative estimate of drug-likeness (QED) is 0.821. The van der Waals surface area contributed by atoms with E-state index in [9.17, 15) is 0 Å². The Morgan fingerprint density at radius 2 is 2.00 bits per heavy atom. The Morgan fingerprint density at radius 3 is 2.63 bits per heavy atom. The van der Waals surface area contributed by atoms with Crippen LogP contribution in [0, 0.1) is 0 Å². The van der Waals surface area contributed by atoms with Crippen molar-refractivity contribution >= 4 is 27.7 Å². The van der Waals surface area contributed by atoms with Crippen LogP contribution >= 0.6 is 27.7 Å². The molecule has 2 nitrogen and oxygen atoms in total. The van der Waals surface area contributed by atoms with Gasteiger partial charge in [0.15, 0.2) is 0 Å². The molecule has 0 aliphatic heterocycles. The first-order valence-electron chi connectivity index (χ1n) is 6.28. The molecule has 0 aliphatic rings. The lowest BCUT2D eigenvalue weighted by Gasteiger charge is -2.23. The lowest BCUT2D eigenvalue weighted by molar-refractivity contribution is 0.634. The molecular formula is C15H17BrN2S. The molecule has 1 heterocycles. The van der Waals surface area contributed by atoms with Crippen molar-refractivity contribution in [2.75, 3.05) is 0 Å². The fourth-order valence-corrected chi connectivity index (χ4v) is 3.71. The first kappa shape index (κ1) is 14.6. The Balaban J connectivity index is 2.24. The Labute approximate surface area is 126 Å². The van der Waals surface area contributed by atoms with Crippen LogP contribution in [0.15, 0.2) is 58.2 Å². The molecule has 0 amide bonds. The van der Waals surface area contributed by atoms with Crippen molar-refractivity contribution in [2.45, 2.75) is 29.5 Å². The molecule has 0 aliphatic carbocycles. The second kappa shape index (κ2) is 7.08. The van der Waals surface area contributed by atoms with E-state index >= 15 is 0 Å². The fraction of sp³-hybridized carbons (Fsp3) is 0.267. The maximum Gasteiger partial charge on any atom is 0.0496 e. The molecule has 0 radical (unpaired) electrons. The van der Waals surface area contributed by atoms with Gasteiger partial charge in [-0.15, -0.1) is 11.8 Å². The third-order valence-electron chi connectivity index (χ3n) is 2.95. The Kier molecular flexibility index (Phi) is 5.43. The molecule has 2 aromatic rings. The van der Waals surface area contributed by atoms with Gasteiger partial charge in [-0.25, -0.2) is 0 Å². The van der Waals surface area contributed by atoms with E-state index in [1.165, 1.54) is 10.5 Å². The summed E-state index contributed by atoms with van der Waals surface area (Å²) >= 11 is 5.31. The zero-order chi connectivity index (χ0) is 13.7. The smallest absolute Gasteiger partial charge is 0.0496 e. The maximum absolute atomic E-state index is 6.28. The fourth-order valence-electron chi connectivity index (χ4n) is 1.86. The van der Waals surface area contributed by atoms with Crippen molar-refractivity contribution in [1.82, 2.24) is 4.98 Å². The van der Waals surface area contributed by atoms with Crippen LogP contribution in [0.25, 0.3) is 0 Å². The van der Waals surface area contributed by atoms with Crippen molar-refractivity contribution < 1.29 is 0 Å². The summed E-state index contributed by atoms with van der Waals surface area (Å²) in [5.74, 6) is 0. The van der Waals surface area contributed by atoms with Crippen LogP contribution in [-0.2, 0) is 0 Å². The molecule has 0 saturated heterocycles. The number of pyridine rings is 1. The average molecular weight is 337 g/mol. The van der Waals surface area contributed by atoms with E-state index in [2.05, 4.69) is 40.0 Å². The number of halogens is 1. The van der Waals surface area contributed by atoms with Gasteiger partial charge in [-0.3, -0.25) is 4.98 Å². The largest absolute Gasteiger partial charge is 0.326 e. The molecule has 4 heteroatoms. The third-order valence-corrected chi connectivity index (χ3v) is 4.85. The van der Waals surface area contributed by atoms with Crippen LogP contribution in [0.3, 0.4) is 0 Å². The first-order valence-corrected chi connectivity index (χ1v) is 7.95. The Morgan fingerprint density at radius 1 is 1.26 bits per heavy atom. The summed E-state index contributed by atoms with van der Waals surface area (Å²) < 4.78 is 1.09. The molecule has 2 atom stereocenters. The lowest BCUT2D eigenvalue weighted by atomic mass is 10.1. The summed E-state index contributed by atoms with van der Waals surface area (Å²) in [6.45, 7) is 2.13. The van der Waals surface area contributed by atoms with Crippen LogP contribution in [0.1, 0.15) is 24.2 Å². The SMILES string of the molecule is CCC(N)C(Sc1cccc(Br)c1)c1ccncc1. The van der Waals surface area contributed by atoms with Crippen LogP contribution in [-0.4, -0.2) is 11.0 Å². The minimum atomic E-state index is 0.131. The zero-order valence-electron chi connectivity index (χ0n) is 10.8. The highest BCUT2D eigenvalue weighted by Gasteiger charge is 2.19. The topological polar surface area (TPSA) is 38.9 Å². The summed E-state index contributed by atoms with van der Waals surface area (Å²) in [7, 11) is 0. The van der Waals surface area contributed by atoms with Gasteiger partial charge < -0.3 is 5.73 Å². The van der Waals surface area contributed by atoms with Crippen LogP contribution in [0.5, 0.6) is 0 Å². The van der Waals surface area contributed by atoms with Crippen LogP contribution < -0.4 is 5.73 Å². The average Bonchev–Trinajstić information content (AvgIpc) is 2.45. The van der Waals surface area contributed by atoms with Crippen molar-refractivity contribution in [1.29, 1.82) is 0 Å². The predicted molar refractivity (Wildman–Crippen MR) is 85.2 cm³/mol. The van der Waals surface area contributed by atoms with Gasteiger partial charge in [0, 0.05) is 33.1 Å². The molecule has 1 aromatic carbocycles. The summed E-state index contributed by atoms with van der Waals surface area (Å²) in [5, 5.41) is 0.252. The number of hydrogen-bond acceptors (Lipinski definition) is 3. The van der Waals surface area contributed by atoms with E-state index in [1.807, 2.05) is 36.7 Å². The summed E-state index contributed by atoms with van der Waals surface area (Å²) in [6, 6.07) is 12.5. The molecule has 100 valence electrons. The van der Waals surface area contributed by atoms with Crippen molar-refractivity contribution in [2.24, 2.45) is 5.73 Å². The molecule has 0 fully saturated rings. The summed E-state index contributed by atoms with van der Waals surface area (Å²) in [4.78, 5) is 5.30. The number of nitrogens with two attached hydrogens (primary N) is 1. The van der Waals surface area contributed by atoms with Crippen LogP contribution in [0.2, 0.25) is 0 Å². The molecule has 1 aromatic heterocycles. The monoisotopic (exact) mass is 336 g/mol. The van der Waals surface area contributed by atoms with E-state index in [-0.39, 0.29) is 11.3 Å². The number of benzene rings is 1. The lowest BCUT2D eigenvalue weighted by Crippen LogP contribution is -2.25. The Bertz CT molecular complexity index is 519. The van der Waals surface area contributed by atoms with E-state index in [0.717, 1.165) is 10.9 Å². The number of thioether (sulfide) groups is 1. The molecule has 0 saturated carbocycles. The molecule has 2 unspecified atom stereocenters. The minimum absolute atomic E-state index is 0.131. The van der Waals surface area contributed by atoms with E-state index in [4.69, 9.17) is 5.73 Å². The van der Waals surface area contributed by atoms with Gasteiger partial charge in [0.05, 0.1) is 0 Å². The number of nitrogens with zero attached hydrogens (tertiary/aromatic N) is 1. The van der Waals surface area contributed by atoms with E-state index in [1.54, 1.807) is 11.8 Å². The van der Waals surface area contributed by atoms with E-state index in [0.29, 0.717) is 0 Å². The van der Waals surface area contributed by atoms with Crippen molar-refractivity contribution in [3.63, 3.8) is 0 Å². The van der Waals surface area contributed by atoms with Gasteiger partial charge in [-0.2, -0.15) is 0 Å². The third kappa shape index (κ3) is 4.06. The van der Waals surface area contributed by atoms with Crippen molar-refractivity contribution in [3.05, 3.63) is 58.8 Å². The predicted octanol–water partition coefficient (Wildman–Crippen LogP) is 4.41. The maximum atomic E-state index is 6.28. The van der Waals surface area contributed by atoms with Gasteiger partial charge in [-0.1, -0.05) is 28.9 Å². The molecular weight excluding hydrogens is 320 g/mol. The molecule has 2 N–H and O–H groups in total. The number of hydrogen-bond donors (Lipinski definition) is 1. The highest BCUT2D eigenvalue weighted by molar-refractivity contribution is 9.10. The summed E-state index contributed by atoms with van der Waals surface area (Å²) in [6.07, 6.45) is 4.60. The van der Waals surface area contributed by atoms with E-state index < -0.39 is 0 Å². The molecule has 0 bridgehead atoms. The summed E-state index contributed by atoms with van der Waals surface area (Å²) in [5.41, 5.74) is 7.51.